The summed E-state index contributed by atoms with van der Waals surface area (Å²) in [5.74, 6) is 0.354. The fourth-order valence-corrected chi connectivity index (χ4v) is 3.08. The van der Waals surface area contributed by atoms with Crippen LogP contribution in [0.25, 0.3) is 10.9 Å². The fraction of sp³-hybridized carbons (Fsp3) is 0.0870. The van der Waals surface area contributed by atoms with Gasteiger partial charge >= 0.3 is 6.18 Å². The molecule has 0 bridgehead atoms. The summed E-state index contributed by atoms with van der Waals surface area (Å²) in [6.45, 7) is 0.436. The summed E-state index contributed by atoms with van der Waals surface area (Å²) in [4.78, 5) is 4.53. The van der Waals surface area contributed by atoms with Crippen LogP contribution in [0.2, 0.25) is 0 Å². The van der Waals surface area contributed by atoms with Gasteiger partial charge in [-0.05, 0) is 66.2 Å². The van der Waals surface area contributed by atoms with Crippen LogP contribution in [0.3, 0.4) is 0 Å². The Labute approximate surface area is 170 Å². The van der Waals surface area contributed by atoms with Crippen LogP contribution in [0.4, 0.5) is 34.8 Å². The van der Waals surface area contributed by atoms with E-state index in [0.29, 0.717) is 23.7 Å². The number of nitrogens with one attached hydrogen (secondary N) is 2. The molecule has 0 amide bonds. The van der Waals surface area contributed by atoms with Gasteiger partial charge in [-0.15, -0.1) is 0 Å². The molecule has 30 heavy (non-hydrogen) atoms. The Hall–Kier alpha value is -3.61. The van der Waals surface area contributed by atoms with Gasteiger partial charge in [0.15, 0.2) is 0 Å². The number of halogens is 4. The van der Waals surface area contributed by atoms with Crippen LogP contribution in [0, 0.1) is 5.82 Å². The summed E-state index contributed by atoms with van der Waals surface area (Å²) in [6, 6.07) is 20.4. The van der Waals surface area contributed by atoms with Crippen molar-refractivity contribution >= 4 is 28.1 Å². The lowest BCUT2D eigenvalue weighted by Crippen LogP contribution is -2.05. The predicted octanol–water partition coefficient (Wildman–Crippen LogP) is 6.75. The molecule has 4 aromatic rings. The minimum absolute atomic E-state index is 0.290. The molecular formula is C23H17F4N3. The Morgan fingerprint density at radius 1 is 0.800 bits per heavy atom. The van der Waals surface area contributed by atoms with Crippen molar-refractivity contribution in [1.29, 1.82) is 0 Å². The number of rotatable bonds is 5. The first-order valence-corrected chi connectivity index (χ1v) is 9.20. The topological polar surface area (TPSA) is 37.0 Å². The lowest BCUT2D eigenvalue weighted by Gasteiger charge is -2.12. The van der Waals surface area contributed by atoms with Gasteiger partial charge in [0.05, 0.1) is 11.1 Å². The van der Waals surface area contributed by atoms with Crippen LogP contribution in [0.5, 0.6) is 0 Å². The number of fused-ring (bicyclic) bond motifs is 1. The third kappa shape index (κ3) is 4.68. The van der Waals surface area contributed by atoms with E-state index in [1.807, 2.05) is 18.2 Å². The second-order valence-corrected chi connectivity index (χ2v) is 6.79. The van der Waals surface area contributed by atoms with E-state index < -0.39 is 11.7 Å². The number of nitrogens with zero attached hydrogens (tertiary/aromatic N) is 1. The largest absolute Gasteiger partial charge is 0.416 e. The average molecular weight is 411 g/mol. The van der Waals surface area contributed by atoms with Crippen LogP contribution in [0.1, 0.15) is 11.1 Å². The van der Waals surface area contributed by atoms with Gasteiger partial charge in [0.2, 0.25) is 0 Å². The van der Waals surface area contributed by atoms with Gasteiger partial charge in [0, 0.05) is 23.3 Å². The molecule has 0 saturated heterocycles. The van der Waals surface area contributed by atoms with Gasteiger partial charge in [0.1, 0.15) is 11.6 Å². The van der Waals surface area contributed by atoms with E-state index in [-0.39, 0.29) is 5.82 Å². The molecule has 0 atom stereocenters. The predicted molar refractivity (Wildman–Crippen MR) is 110 cm³/mol. The van der Waals surface area contributed by atoms with Gasteiger partial charge in [-0.3, -0.25) is 0 Å². The smallest absolute Gasteiger partial charge is 0.366 e. The van der Waals surface area contributed by atoms with Gasteiger partial charge in [0.25, 0.3) is 0 Å². The summed E-state index contributed by atoms with van der Waals surface area (Å²) in [5, 5.41) is 6.99. The van der Waals surface area contributed by atoms with E-state index in [4.69, 9.17) is 0 Å². The molecule has 0 spiro atoms. The number of hydrogen-bond donors (Lipinski definition) is 2. The number of alkyl halides is 3. The SMILES string of the molecule is Fc1cccc(CNc2ccc3cc(Nc4cccc(C(F)(F)F)c4)ccc3n2)c1. The van der Waals surface area contributed by atoms with Crippen molar-refractivity contribution in [2.45, 2.75) is 12.7 Å². The average Bonchev–Trinajstić information content (AvgIpc) is 2.72. The lowest BCUT2D eigenvalue weighted by molar-refractivity contribution is -0.137. The van der Waals surface area contributed by atoms with E-state index in [0.717, 1.165) is 28.6 Å². The maximum atomic E-state index is 13.3. The molecule has 1 heterocycles. The fourth-order valence-electron chi connectivity index (χ4n) is 3.08. The zero-order valence-corrected chi connectivity index (χ0v) is 15.7. The van der Waals surface area contributed by atoms with Crippen molar-refractivity contribution in [2.75, 3.05) is 10.6 Å². The van der Waals surface area contributed by atoms with Crippen molar-refractivity contribution in [2.24, 2.45) is 0 Å². The molecule has 7 heteroatoms. The van der Waals surface area contributed by atoms with E-state index >= 15 is 0 Å². The molecule has 0 aliphatic rings. The Morgan fingerprint density at radius 3 is 2.40 bits per heavy atom. The van der Waals surface area contributed by atoms with Crippen molar-refractivity contribution in [3.63, 3.8) is 0 Å². The third-order valence-corrected chi connectivity index (χ3v) is 4.53. The highest BCUT2D eigenvalue weighted by atomic mass is 19.4. The van der Waals surface area contributed by atoms with Crippen molar-refractivity contribution in [1.82, 2.24) is 4.98 Å². The first kappa shape index (κ1) is 19.7. The van der Waals surface area contributed by atoms with Gasteiger partial charge in [-0.25, -0.2) is 9.37 Å². The molecular weight excluding hydrogens is 394 g/mol. The molecule has 0 radical (unpaired) electrons. The molecule has 0 unspecified atom stereocenters. The summed E-state index contributed by atoms with van der Waals surface area (Å²) in [6.07, 6.45) is -4.39. The normalized spacial score (nSPS) is 11.5. The van der Waals surface area contributed by atoms with Crippen LogP contribution < -0.4 is 10.6 Å². The Balaban J connectivity index is 1.49. The second-order valence-electron chi connectivity index (χ2n) is 6.79. The molecule has 2 N–H and O–H groups in total. The molecule has 0 aliphatic carbocycles. The quantitative estimate of drug-likeness (QED) is 0.357. The first-order chi connectivity index (χ1) is 14.4. The van der Waals surface area contributed by atoms with Crippen LogP contribution in [0.15, 0.2) is 78.9 Å². The second kappa shape index (κ2) is 8.02. The molecule has 152 valence electrons. The Morgan fingerprint density at radius 2 is 1.60 bits per heavy atom. The van der Waals surface area contributed by atoms with E-state index in [2.05, 4.69) is 15.6 Å². The monoisotopic (exact) mass is 411 g/mol. The van der Waals surface area contributed by atoms with Gasteiger partial charge in [-0.1, -0.05) is 18.2 Å². The molecule has 1 aromatic heterocycles. The Kier molecular flexibility index (Phi) is 5.27. The van der Waals surface area contributed by atoms with Gasteiger partial charge < -0.3 is 10.6 Å². The molecule has 0 saturated carbocycles. The number of hydrogen-bond acceptors (Lipinski definition) is 3. The van der Waals surface area contributed by atoms with Gasteiger partial charge in [-0.2, -0.15) is 13.2 Å². The molecule has 0 fully saturated rings. The summed E-state index contributed by atoms with van der Waals surface area (Å²) >= 11 is 0. The highest BCUT2D eigenvalue weighted by Crippen LogP contribution is 2.31. The third-order valence-electron chi connectivity index (χ3n) is 4.53. The van der Waals surface area contributed by atoms with E-state index in [1.54, 1.807) is 30.3 Å². The number of anilines is 3. The maximum Gasteiger partial charge on any atom is 0.416 e. The van der Waals surface area contributed by atoms with Crippen LogP contribution in [-0.4, -0.2) is 4.98 Å². The highest BCUT2D eigenvalue weighted by Gasteiger charge is 2.30. The van der Waals surface area contributed by atoms with Crippen molar-refractivity contribution in [3.05, 3.63) is 95.8 Å². The highest BCUT2D eigenvalue weighted by molar-refractivity contribution is 5.84. The molecule has 0 aliphatic heterocycles. The van der Waals surface area contributed by atoms with Crippen molar-refractivity contribution < 1.29 is 17.6 Å². The summed E-state index contributed by atoms with van der Waals surface area (Å²) in [5.41, 5.74) is 1.84. The molecule has 3 aromatic carbocycles. The van der Waals surface area contributed by atoms with E-state index in [9.17, 15) is 17.6 Å². The number of pyridine rings is 1. The summed E-state index contributed by atoms with van der Waals surface area (Å²) < 4.78 is 51.9. The lowest BCUT2D eigenvalue weighted by atomic mass is 10.1. The Bertz CT molecular complexity index is 1190. The van der Waals surface area contributed by atoms with Crippen LogP contribution >= 0.6 is 0 Å². The summed E-state index contributed by atoms with van der Waals surface area (Å²) in [7, 11) is 0. The standard InChI is InChI=1S/C23H17F4N3/c24-18-5-1-3-15(11-18)14-28-22-10-7-16-12-20(8-9-21(16)30-22)29-19-6-2-4-17(13-19)23(25,26)27/h1-13,29H,14H2,(H,28,30). The maximum absolute atomic E-state index is 13.3. The minimum Gasteiger partial charge on any atom is -0.366 e. The zero-order valence-electron chi connectivity index (χ0n) is 15.7. The molecule has 4 rings (SSSR count). The number of aromatic nitrogens is 1. The van der Waals surface area contributed by atoms with E-state index in [1.165, 1.54) is 18.2 Å². The minimum atomic E-state index is -4.39. The van der Waals surface area contributed by atoms with Crippen molar-refractivity contribution in [3.8, 4) is 0 Å². The molecule has 3 nitrogen and oxygen atoms in total. The zero-order chi connectivity index (χ0) is 21.1. The first-order valence-electron chi connectivity index (χ1n) is 9.20. The van der Waals surface area contributed by atoms with Crippen LogP contribution in [-0.2, 0) is 12.7 Å². The number of benzene rings is 3.